The number of carbonyl (C=O) groups excluding carboxylic acids is 2. The summed E-state index contributed by atoms with van der Waals surface area (Å²) in [5.41, 5.74) is 1.49. The molecule has 1 amide bonds. The molecule has 0 aromatic heterocycles. The fraction of sp³-hybridized carbons (Fsp3) is 0.385. The van der Waals surface area contributed by atoms with Gasteiger partial charge >= 0.3 is 5.97 Å². The molecule has 0 saturated heterocycles. The SMILES string of the molecule is CC(=O)OC(C)C1NC(=O)c2cc(C)ccc2O1. The third kappa shape index (κ3) is 2.45. The molecule has 96 valence electrons. The van der Waals surface area contributed by atoms with Crippen molar-refractivity contribution in [2.24, 2.45) is 0 Å². The van der Waals surface area contributed by atoms with Crippen molar-refractivity contribution in [2.45, 2.75) is 33.1 Å². The van der Waals surface area contributed by atoms with Gasteiger partial charge in [-0.15, -0.1) is 0 Å². The highest BCUT2D eigenvalue weighted by Gasteiger charge is 2.30. The molecule has 5 heteroatoms. The van der Waals surface area contributed by atoms with E-state index in [0.29, 0.717) is 11.3 Å². The smallest absolute Gasteiger partial charge is 0.303 e. The maximum atomic E-state index is 11.9. The molecule has 1 aliphatic rings. The molecule has 0 fully saturated rings. The van der Waals surface area contributed by atoms with Crippen molar-refractivity contribution in [3.63, 3.8) is 0 Å². The van der Waals surface area contributed by atoms with Crippen LogP contribution in [0.2, 0.25) is 0 Å². The quantitative estimate of drug-likeness (QED) is 0.804. The first-order valence-corrected chi connectivity index (χ1v) is 5.73. The first-order chi connectivity index (χ1) is 8.47. The van der Waals surface area contributed by atoms with Crippen LogP contribution < -0.4 is 10.1 Å². The van der Waals surface area contributed by atoms with Crippen molar-refractivity contribution < 1.29 is 19.1 Å². The van der Waals surface area contributed by atoms with Crippen LogP contribution in [0.4, 0.5) is 0 Å². The van der Waals surface area contributed by atoms with Crippen LogP contribution in [0.1, 0.15) is 29.8 Å². The van der Waals surface area contributed by atoms with Crippen molar-refractivity contribution >= 4 is 11.9 Å². The van der Waals surface area contributed by atoms with E-state index in [1.807, 2.05) is 13.0 Å². The van der Waals surface area contributed by atoms with Gasteiger partial charge in [0.2, 0.25) is 6.23 Å². The van der Waals surface area contributed by atoms with E-state index in [0.717, 1.165) is 5.56 Å². The summed E-state index contributed by atoms with van der Waals surface area (Å²) >= 11 is 0. The topological polar surface area (TPSA) is 64.6 Å². The van der Waals surface area contributed by atoms with Gasteiger partial charge in [-0.2, -0.15) is 0 Å². The van der Waals surface area contributed by atoms with Gasteiger partial charge in [0.15, 0.2) is 6.10 Å². The molecule has 0 bridgehead atoms. The highest BCUT2D eigenvalue weighted by atomic mass is 16.6. The Morgan fingerprint density at radius 2 is 2.22 bits per heavy atom. The molecule has 18 heavy (non-hydrogen) atoms. The molecular weight excluding hydrogens is 234 g/mol. The van der Waals surface area contributed by atoms with E-state index in [1.54, 1.807) is 19.1 Å². The second-order valence-electron chi connectivity index (χ2n) is 4.33. The highest BCUT2D eigenvalue weighted by molar-refractivity contribution is 5.98. The average molecular weight is 249 g/mol. The normalized spacial score (nSPS) is 19.3. The fourth-order valence-corrected chi connectivity index (χ4v) is 1.83. The predicted molar refractivity (Wildman–Crippen MR) is 64.3 cm³/mol. The van der Waals surface area contributed by atoms with Crippen LogP contribution in [0.3, 0.4) is 0 Å². The molecule has 1 N–H and O–H groups in total. The number of rotatable bonds is 2. The summed E-state index contributed by atoms with van der Waals surface area (Å²) in [6.07, 6.45) is -1.20. The molecule has 2 unspecified atom stereocenters. The maximum absolute atomic E-state index is 11.9. The van der Waals surface area contributed by atoms with Gasteiger partial charge in [0.05, 0.1) is 5.56 Å². The number of amides is 1. The van der Waals surface area contributed by atoms with Gasteiger partial charge in [-0.05, 0) is 26.0 Å². The molecule has 0 radical (unpaired) electrons. The summed E-state index contributed by atoms with van der Waals surface area (Å²) in [7, 11) is 0. The minimum Gasteiger partial charge on any atom is -0.466 e. The van der Waals surface area contributed by atoms with Gasteiger partial charge in [-0.25, -0.2) is 0 Å². The Balaban J connectivity index is 2.20. The Kier molecular flexibility index (Phi) is 3.23. The van der Waals surface area contributed by atoms with E-state index >= 15 is 0 Å². The first kappa shape index (κ1) is 12.4. The van der Waals surface area contributed by atoms with Crippen molar-refractivity contribution in [2.75, 3.05) is 0 Å². The number of nitrogens with one attached hydrogen (secondary N) is 1. The molecular formula is C13H15NO4. The number of hydrogen-bond donors (Lipinski definition) is 1. The van der Waals surface area contributed by atoms with Gasteiger partial charge in [-0.1, -0.05) is 11.6 Å². The van der Waals surface area contributed by atoms with Crippen LogP contribution in [-0.4, -0.2) is 24.2 Å². The predicted octanol–water partition coefficient (Wildman–Crippen LogP) is 1.39. The van der Waals surface area contributed by atoms with E-state index in [1.165, 1.54) is 6.92 Å². The van der Waals surface area contributed by atoms with Crippen LogP contribution in [0.15, 0.2) is 18.2 Å². The van der Waals surface area contributed by atoms with Gasteiger partial charge in [0, 0.05) is 6.92 Å². The van der Waals surface area contributed by atoms with E-state index in [4.69, 9.17) is 9.47 Å². The molecule has 1 heterocycles. The minimum absolute atomic E-state index is 0.219. The van der Waals surface area contributed by atoms with Crippen molar-refractivity contribution in [1.29, 1.82) is 0 Å². The molecule has 1 aromatic carbocycles. The lowest BCUT2D eigenvalue weighted by molar-refractivity contribution is -0.150. The van der Waals surface area contributed by atoms with Gasteiger partial charge < -0.3 is 14.8 Å². The van der Waals surface area contributed by atoms with Gasteiger partial charge in [0.25, 0.3) is 5.91 Å². The molecule has 2 rings (SSSR count). The number of aryl methyl sites for hydroxylation is 1. The van der Waals surface area contributed by atoms with Crippen LogP contribution in [-0.2, 0) is 9.53 Å². The van der Waals surface area contributed by atoms with Crippen LogP contribution in [0.5, 0.6) is 5.75 Å². The zero-order valence-corrected chi connectivity index (χ0v) is 10.5. The summed E-state index contributed by atoms with van der Waals surface area (Å²) in [5.74, 6) is -0.118. The van der Waals surface area contributed by atoms with E-state index in [-0.39, 0.29) is 5.91 Å². The molecule has 2 atom stereocenters. The Morgan fingerprint density at radius 1 is 1.50 bits per heavy atom. The number of carbonyl (C=O) groups is 2. The van der Waals surface area contributed by atoms with Crippen LogP contribution in [0, 0.1) is 6.92 Å². The summed E-state index contributed by atoms with van der Waals surface area (Å²) in [6, 6.07) is 5.37. The number of benzene rings is 1. The number of esters is 1. The average Bonchev–Trinajstić information content (AvgIpc) is 2.29. The van der Waals surface area contributed by atoms with Gasteiger partial charge in [-0.3, -0.25) is 9.59 Å². The monoisotopic (exact) mass is 249 g/mol. The number of hydrogen-bond acceptors (Lipinski definition) is 4. The lowest BCUT2D eigenvalue weighted by atomic mass is 10.1. The molecule has 1 aromatic rings. The Bertz CT molecular complexity index is 498. The zero-order valence-electron chi connectivity index (χ0n) is 10.5. The standard InChI is InChI=1S/C13H15NO4/c1-7-4-5-11-10(6-7)12(16)14-13(18-11)8(2)17-9(3)15/h4-6,8,13H,1-3H3,(H,14,16). The molecule has 5 nitrogen and oxygen atoms in total. The summed E-state index contributed by atoms with van der Waals surface area (Å²) < 4.78 is 10.6. The third-order valence-corrected chi connectivity index (χ3v) is 2.69. The Labute approximate surface area is 105 Å². The summed E-state index contributed by atoms with van der Waals surface area (Å²) in [4.78, 5) is 22.8. The summed E-state index contributed by atoms with van der Waals surface area (Å²) in [5, 5.41) is 2.67. The molecule has 0 spiro atoms. The largest absolute Gasteiger partial charge is 0.466 e. The zero-order chi connectivity index (χ0) is 13.3. The van der Waals surface area contributed by atoms with Crippen molar-refractivity contribution in [3.05, 3.63) is 29.3 Å². The molecule has 0 aliphatic carbocycles. The molecule has 1 aliphatic heterocycles. The fourth-order valence-electron chi connectivity index (χ4n) is 1.83. The highest BCUT2D eigenvalue weighted by Crippen LogP contribution is 2.25. The lowest BCUT2D eigenvalue weighted by Crippen LogP contribution is -2.50. The van der Waals surface area contributed by atoms with E-state index in [9.17, 15) is 9.59 Å². The minimum atomic E-state index is -0.656. The molecule has 0 saturated carbocycles. The lowest BCUT2D eigenvalue weighted by Gasteiger charge is -2.30. The van der Waals surface area contributed by atoms with E-state index in [2.05, 4.69) is 5.32 Å². The first-order valence-electron chi connectivity index (χ1n) is 5.73. The number of fused-ring (bicyclic) bond motifs is 1. The number of ether oxygens (including phenoxy) is 2. The van der Waals surface area contributed by atoms with Crippen molar-refractivity contribution in [3.8, 4) is 5.75 Å². The van der Waals surface area contributed by atoms with Gasteiger partial charge in [0.1, 0.15) is 5.75 Å². The third-order valence-electron chi connectivity index (χ3n) is 2.69. The van der Waals surface area contributed by atoms with Crippen LogP contribution >= 0.6 is 0 Å². The second-order valence-corrected chi connectivity index (χ2v) is 4.33. The Hall–Kier alpha value is -2.04. The van der Waals surface area contributed by atoms with Crippen molar-refractivity contribution in [1.82, 2.24) is 5.32 Å². The van der Waals surface area contributed by atoms with Crippen LogP contribution in [0.25, 0.3) is 0 Å². The second kappa shape index (κ2) is 4.68. The Morgan fingerprint density at radius 3 is 2.89 bits per heavy atom. The maximum Gasteiger partial charge on any atom is 0.303 e. The summed E-state index contributed by atoms with van der Waals surface area (Å²) in [6.45, 7) is 4.89. The van der Waals surface area contributed by atoms with E-state index < -0.39 is 18.3 Å².